The zero-order chi connectivity index (χ0) is 21.5. The molecule has 4 aromatic rings. The predicted molar refractivity (Wildman–Crippen MR) is 110 cm³/mol. The molecule has 0 radical (unpaired) electrons. The van der Waals surface area contributed by atoms with Gasteiger partial charge in [-0.3, -0.25) is 19.3 Å². The largest absolute Gasteiger partial charge is 0.359 e. The molecule has 0 aliphatic carbocycles. The lowest BCUT2D eigenvalue weighted by Gasteiger charge is -2.22. The molecule has 11 heteroatoms. The Labute approximate surface area is 176 Å². The molecule has 1 aromatic carbocycles. The molecule has 0 unspecified atom stereocenters. The van der Waals surface area contributed by atoms with E-state index >= 15 is 0 Å². The van der Waals surface area contributed by atoms with Gasteiger partial charge >= 0.3 is 0 Å². The summed E-state index contributed by atoms with van der Waals surface area (Å²) in [5.41, 5.74) is 2.42. The lowest BCUT2D eigenvalue weighted by atomic mass is 10.2. The van der Waals surface area contributed by atoms with Crippen LogP contribution in [-0.4, -0.2) is 71.9 Å². The van der Waals surface area contributed by atoms with Crippen LogP contribution < -0.4 is 5.32 Å². The highest BCUT2D eigenvalue weighted by Gasteiger charge is 2.27. The van der Waals surface area contributed by atoms with Crippen LogP contribution >= 0.6 is 0 Å². The first-order valence-electron chi connectivity index (χ1n) is 9.76. The van der Waals surface area contributed by atoms with Crippen molar-refractivity contribution >= 4 is 22.8 Å². The van der Waals surface area contributed by atoms with Crippen LogP contribution in [0.3, 0.4) is 0 Å². The van der Waals surface area contributed by atoms with Gasteiger partial charge in [-0.15, -0.1) is 5.10 Å². The molecular weight excluding hydrogens is 398 g/mol. The maximum absolute atomic E-state index is 12.5. The minimum Gasteiger partial charge on any atom is -0.359 e. The third-order valence-electron chi connectivity index (χ3n) is 5.12. The van der Waals surface area contributed by atoms with Crippen LogP contribution in [0.25, 0.3) is 28.4 Å². The molecule has 0 fully saturated rings. The maximum atomic E-state index is 12.5. The summed E-state index contributed by atoms with van der Waals surface area (Å²) in [7, 11) is 3.31. The number of benzene rings is 1. The molecule has 4 heterocycles. The Morgan fingerprint density at radius 2 is 1.94 bits per heavy atom. The normalized spacial score (nSPS) is 13.5. The third kappa shape index (κ3) is 3.29. The van der Waals surface area contributed by atoms with Crippen LogP contribution in [0.1, 0.15) is 16.3 Å². The average molecular weight is 417 g/mol. The van der Waals surface area contributed by atoms with E-state index in [0.29, 0.717) is 47.5 Å². The Kier molecular flexibility index (Phi) is 4.42. The maximum Gasteiger partial charge on any atom is 0.271 e. The molecule has 156 valence electrons. The number of nitrogens with zero attached hydrogens (tertiary/aromatic N) is 8. The number of carbonyl (C=O) groups excluding carboxylic acids is 2. The fourth-order valence-corrected chi connectivity index (χ4v) is 3.45. The monoisotopic (exact) mass is 417 g/mol. The van der Waals surface area contributed by atoms with Crippen LogP contribution in [0.4, 0.5) is 0 Å². The number of para-hydroxylation sites is 2. The summed E-state index contributed by atoms with van der Waals surface area (Å²) in [6, 6.07) is 9.19. The van der Waals surface area contributed by atoms with Crippen molar-refractivity contribution in [3.63, 3.8) is 0 Å². The fraction of sp³-hybridized carbons (Fsp3) is 0.250. The van der Waals surface area contributed by atoms with Crippen molar-refractivity contribution in [2.45, 2.75) is 13.0 Å². The number of likely N-dealkylation sites (N-methyl/N-ethyl adjacent to an activating group) is 2. The van der Waals surface area contributed by atoms with Gasteiger partial charge in [0.05, 0.1) is 30.2 Å². The van der Waals surface area contributed by atoms with Gasteiger partial charge in [0.2, 0.25) is 5.91 Å². The molecule has 2 amide bonds. The summed E-state index contributed by atoms with van der Waals surface area (Å²) < 4.78 is 3.18. The van der Waals surface area contributed by atoms with E-state index in [4.69, 9.17) is 0 Å². The number of rotatable bonds is 4. The van der Waals surface area contributed by atoms with Gasteiger partial charge in [0.1, 0.15) is 11.4 Å². The van der Waals surface area contributed by atoms with E-state index in [1.165, 1.54) is 4.68 Å². The van der Waals surface area contributed by atoms with Gasteiger partial charge in [-0.25, -0.2) is 9.97 Å². The lowest BCUT2D eigenvalue weighted by Crippen LogP contribution is -2.37. The van der Waals surface area contributed by atoms with Crippen LogP contribution in [-0.2, 0) is 17.8 Å². The van der Waals surface area contributed by atoms with E-state index in [9.17, 15) is 9.59 Å². The Hall–Kier alpha value is -4.15. The Balaban J connectivity index is 1.64. The minimum atomic E-state index is -0.214. The fourth-order valence-electron chi connectivity index (χ4n) is 3.45. The topological polar surface area (TPSA) is 124 Å². The van der Waals surface area contributed by atoms with E-state index in [0.717, 1.165) is 5.52 Å². The highest BCUT2D eigenvalue weighted by atomic mass is 16.2. The molecule has 0 saturated heterocycles. The standard InChI is InChI=1S/C20H19N9O2/c1-21-18(30)10-16-24-19(14-9-15-20(31)27(2)7-8-28(15)25-14)29(26-16)17-11-22-12-5-3-4-6-13(12)23-17/h3-6,9,11H,7-8,10H2,1-2H3,(H,21,30). The Morgan fingerprint density at radius 3 is 2.74 bits per heavy atom. The second kappa shape index (κ2) is 7.27. The number of hydrogen-bond acceptors (Lipinski definition) is 7. The summed E-state index contributed by atoms with van der Waals surface area (Å²) in [4.78, 5) is 39.7. The molecule has 0 spiro atoms. The van der Waals surface area contributed by atoms with Crippen LogP contribution in [0.5, 0.6) is 0 Å². The highest BCUT2D eigenvalue weighted by molar-refractivity contribution is 5.94. The van der Waals surface area contributed by atoms with Gasteiger partial charge in [0.15, 0.2) is 17.5 Å². The van der Waals surface area contributed by atoms with Crippen LogP contribution in [0.2, 0.25) is 0 Å². The van der Waals surface area contributed by atoms with Crippen molar-refractivity contribution < 1.29 is 9.59 Å². The number of carbonyl (C=O) groups is 2. The van der Waals surface area contributed by atoms with Gasteiger partial charge in [-0.2, -0.15) is 9.78 Å². The Morgan fingerprint density at radius 1 is 1.13 bits per heavy atom. The molecule has 1 aliphatic rings. The van der Waals surface area contributed by atoms with E-state index in [2.05, 4.69) is 30.5 Å². The minimum absolute atomic E-state index is 0.00669. The van der Waals surface area contributed by atoms with Crippen LogP contribution in [0.15, 0.2) is 36.5 Å². The third-order valence-corrected chi connectivity index (χ3v) is 5.12. The average Bonchev–Trinajstić information content (AvgIpc) is 3.40. The first-order valence-corrected chi connectivity index (χ1v) is 9.76. The van der Waals surface area contributed by atoms with Crippen molar-refractivity contribution in [1.82, 2.24) is 44.7 Å². The van der Waals surface area contributed by atoms with Gasteiger partial charge in [0.25, 0.3) is 5.91 Å². The number of hydrogen-bond donors (Lipinski definition) is 1. The molecule has 0 bridgehead atoms. The first kappa shape index (κ1) is 18.9. The van der Waals surface area contributed by atoms with E-state index in [1.807, 2.05) is 24.3 Å². The van der Waals surface area contributed by atoms with Crippen LogP contribution in [0, 0.1) is 0 Å². The van der Waals surface area contributed by atoms with Crippen molar-refractivity contribution in [3.05, 3.63) is 48.0 Å². The van der Waals surface area contributed by atoms with Crippen molar-refractivity contribution in [1.29, 1.82) is 0 Å². The lowest BCUT2D eigenvalue weighted by molar-refractivity contribution is -0.120. The molecule has 0 saturated carbocycles. The predicted octanol–water partition coefficient (Wildman–Crippen LogP) is 0.448. The number of fused-ring (bicyclic) bond motifs is 2. The second-order valence-corrected chi connectivity index (χ2v) is 7.19. The first-order chi connectivity index (χ1) is 15.0. The van der Waals surface area contributed by atoms with Gasteiger partial charge in [-0.05, 0) is 12.1 Å². The summed E-state index contributed by atoms with van der Waals surface area (Å²) >= 11 is 0. The number of aromatic nitrogens is 7. The summed E-state index contributed by atoms with van der Waals surface area (Å²) in [6.45, 7) is 1.17. The zero-order valence-corrected chi connectivity index (χ0v) is 17.0. The zero-order valence-electron chi connectivity index (χ0n) is 17.0. The highest BCUT2D eigenvalue weighted by Crippen LogP contribution is 2.23. The quantitative estimate of drug-likeness (QED) is 0.511. The second-order valence-electron chi connectivity index (χ2n) is 7.19. The molecule has 1 N–H and O–H groups in total. The van der Waals surface area contributed by atoms with Crippen molar-refractivity contribution in [2.75, 3.05) is 20.6 Å². The SMILES string of the molecule is CNC(=O)Cc1nc(-c2cc3n(n2)CCN(C)C3=O)n(-c2cnc3ccccc3n2)n1. The smallest absolute Gasteiger partial charge is 0.271 e. The van der Waals surface area contributed by atoms with Crippen molar-refractivity contribution in [2.24, 2.45) is 0 Å². The van der Waals surface area contributed by atoms with E-state index in [1.54, 1.807) is 35.9 Å². The number of nitrogens with one attached hydrogen (secondary N) is 1. The molecule has 5 rings (SSSR count). The molecule has 0 atom stereocenters. The van der Waals surface area contributed by atoms with E-state index < -0.39 is 0 Å². The summed E-state index contributed by atoms with van der Waals surface area (Å²) in [6.07, 6.45) is 1.60. The van der Waals surface area contributed by atoms with Gasteiger partial charge in [-0.1, -0.05) is 12.1 Å². The summed E-state index contributed by atoms with van der Waals surface area (Å²) in [5, 5.41) is 11.6. The molecule has 31 heavy (non-hydrogen) atoms. The number of amides is 2. The summed E-state index contributed by atoms with van der Waals surface area (Å²) in [5.74, 6) is 0.833. The van der Waals surface area contributed by atoms with Gasteiger partial charge < -0.3 is 10.2 Å². The Bertz CT molecular complexity index is 1320. The molecular formula is C20H19N9O2. The van der Waals surface area contributed by atoms with E-state index in [-0.39, 0.29) is 18.2 Å². The molecule has 1 aliphatic heterocycles. The molecule has 11 nitrogen and oxygen atoms in total. The van der Waals surface area contributed by atoms with Gasteiger partial charge in [0, 0.05) is 26.7 Å². The van der Waals surface area contributed by atoms with Crippen molar-refractivity contribution in [3.8, 4) is 17.3 Å². The molecule has 3 aromatic heterocycles.